The molecule has 1 nitrogen and oxygen atoms in total. The summed E-state index contributed by atoms with van der Waals surface area (Å²) in [4.78, 5) is 0. The van der Waals surface area contributed by atoms with Gasteiger partial charge in [-0.05, 0) is 18.1 Å². The molecular weight excluding hydrogens is 136 g/mol. The van der Waals surface area contributed by atoms with Crippen LogP contribution in [0.5, 0.6) is 0 Å². The lowest BCUT2D eigenvalue weighted by Gasteiger charge is -2.04. The van der Waals surface area contributed by atoms with Crippen LogP contribution in [0, 0.1) is 5.92 Å². The van der Waals surface area contributed by atoms with E-state index in [1.54, 1.807) is 6.26 Å². The van der Waals surface area contributed by atoms with Crippen molar-refractivity contribution in [2.24, 2.45) is 5.92 Å². The summed E-state index contributed by atoms with van der Waals surface area (Å²) < 4.78 is 5.30. The molecule has 1 heteroatoms. The Hall–Kier alpha value is -0.720. The quantitative estimate of drug-likeness (QED) is 0.631. The maximum Gasteiger partial charge on any atom is 0.104 e. The van der Waals surface area contributed by atoms with Crippen molar-refractivity contribution in [2.75, 3.05) is 0 Å². The zero-order chi connectivity index (χ0) is 7.52. The van der Waals surface area contributed by atoms with Crippen molar-refractivity contribution in [3.05, 3.63) is 24.2 Å². The first-order valence-electron chi connectivity index (χ1n) is 4.47. The van der Waals surface area contributed by atoms with Gasteiger partial charge in [0.1, 0.15) is 5.76 Å². The van der Waals surface area contributed by atoms with Crippen molar-refractivity contribution in [1.29, 1.82) is 0 Å². The zero-order valence-electron chi connectivity index (χ0n) is 6.75. The molecule has 0 atom stereocenters. The highest BCUT2D eigenvalue weighted by atomic mass is 16.3. The molecule has 1 aromatic heterocycles. The molecule has 1 fully saturated rings. The Morgan fingerprint density at radius 3 is 2.82 bits per heavy atom. The van der Waals surface area contributed by atoms with E-state index in [9.17, 15) is 0 Å². The van der Waals surface area contributed by atoms with E-state index in [1.807, 2.05) is 6.07 Å². The summed E-state index contributed by atoms with van der Waals surface area (Å²) in [6.07, 6.45) is 8.58. The number of rotatable bonds is 2. The standard InChI is InChI=1S/C10H14O/c1-2-5-9(4-1)8-10-6-3-7-11-10/h3,6-7,9H,1-2,4-5,8H2. The highest BCUT2D eigenvalue weighted by Gasteiger charge is 2.15. The molecule has 1 aliphatic carbocycles. The molecule has 0 radical (unpaired) electrons. The molecule has 1 aromatic rings. The Bertz CT molecular complexity index is 195. The first-order valence-corrected chi connectivity index (χ1v) is 4.47. The van der Waals surface area contributed by atoms with Gasteiger partial charge in [-0.15, -0.1) is 0 Å². The first kappa shape index (κ1) is 6.96. The molecule has 1 saturated carbocycles. The van der Waals surface area contributed by atoms with Crippen LogP contribution < -0.4 is 0 Å². The molecule has 0 saturated heterocycles. The highest BCUT2D eigenvalue weighted by molar-refractivity contribution is 4.99. The lowest BCUT2D eigenvalue weighted by Crippen LogP contribution is -1.96. The number of hydrogen-bond acceptors (Lipinski definition) is 1. The highest BCUT2D eigenvalue weighted by Crippen LogP contribution is 2.27. The van der Waals surface area contributed by atoms with Crippen molar-refractivity contribution in [1.82, 2.24) is 0 Å². The van der Waals surface area contributed by atoms with Crippen LogP contribution in [0.4, 0.5) is 0 Å². The maximum atomic E-state index is 5.30. The van der Waals surface area contributed by atoms with Crippen LogP contribution in [-0.2, 0) is 6.42 Å². The third kappa shape index (κ3) is 1.65. The van der Waals surface area contributed by atoms with Crippen LogP contribution in [0.25, 0.3) is 0 Å². The molecule has 60 valence electrons. The fraction of sp³-hybridized carbons (Fsp3) is 0.600. The smallest absolute Gasteiger partial charge is 0.104 e. The Balaban J connectivity index is 1.90. The summed E-state index contributed by atoms with van der Waals surface area (Å²) in [5.74, 6) is 2.07. The summed E-state index contributed by atoms with van der Waals surface area (Å²) in [6, 6.07) is 4.06. The first-order chi connectivity index (χ1) is 5.45. The Morgan fingerprint density at radius 2 is 2.18 bits per heavy atom. The van der Waals surface area contributed by atoms with Gasteiger partial charge in [0.2, 0.25) is 0 Å². The second-order valence-electron chi connectivity index (χ2n) is 3.43. The van der Waals surface area contributed by atoms with Gasteiger partial charge in [0, 0.05) is 6.42 Å². The summed E-state index contributed by atoms with van der Waals surface area (Å²) in [6.45, 7) is 0. The Morgan fingerprint density at radius 1 is 1.36 bits per heavy atom. The van der Waals surface area contributed by atoms with E-state index in [-0.39, 0.29) is 0 Å². The molecular formula is C10H14O. The van der Waals surface area contributed by atoms with Crippen molar-refractivity contribution in [3.63, 3.8) is 0 Å². The predicted molar refractivity (Wildman–Crippen MR) is 44.4 cm³/mol. The normalized spacial score (nSPS) is 19.3. The van der Waals surface area contributed by atoms with Crippen LogP contribution in [0.3, 0.4) is 0 Å². The summed E-state index contributed by atoms with van der Waals surface area (Å²) >= 11 is 0. The predicted octanol–water partition coefficient (Wildman–Crippen LogP) is 3.01. The minimum atomic E-state index is 0.904. The fourth-order valence-corrected chi connectivity index (χ4v) is 1.93. The molecule has 0 unspecified atom stereocenters. The second-order valence-corrected chi connectivity index (χ2v) is 3.43. The van der Waals surface area contributed by atoms with Crippen molar-refractivity contribution in [2.45, 2.75) is 32.1 Å². The number of hydrogen-bond donors (Lipinski definition) is 0. The number of furan rings is 1. The molecule has 0 aromatic carbocycles. The molecule has 0 aliphatic heterocycles. The fourth-order valence-electron chi connectivity index (χ4n) is 1.93. The lowest BCUT2D eigenvalue weighted by molar-refractivity contribution is 0.444. The zero-order valence-corrected chi connectivity index (χ0v) is 6.75. The van der Waals surface area contributed by atoms with Gasteiger partial charge in [-0.2, -0.15) is 0 Å². The van der Waals surface area contributed by atoms with Gasteiger partial charge >= 0.3 is 0 Å². The average molecular weight is 150 g/mol. The molecule has 0 N–H and O–H groups in total. The van der Waals surface area contributed by atoms with Crippen molar-refractivity contribution in [3.8, 4) is 0 Å². The van der Waals surface area contributed by atoms with Crippen LogP contribution in [0.15, 0.2) is 22.8 Å². The lowest BCUT2D eigenvalue weighted by atomic mass is 10.0. The topological polar surface area (TPSA) is 13.1 Å². The molecule has 11 heavy (non-hydrogen) atoms. The van der Waals surface area contributed by atoms with E-state index in [1.165, 1.54) is 25.7 Å². The maximum absolute atomic E-state index is 5.30. The third-order valence-corrected chi connectivity index (χ3v) is 2.54. The van der Waals surface area contributed by atoms with Gasteiger partial charge < -0.3 is 4.42 Å². The van der Waals surface area contributed by atoms with E-state index < -0.39 is 0 Å². The molecule has 2 rings (SSSR count). The second kappa shape index (κ2) is 3.12. The molecule has 1 aliphatic rings. The van der Waals surface area contributed by atoms with Gasteiger partial charge in [-0.25, -0.2) is 0 Å². The Kier molecular flexibility index (Phi) is 1.97. The summed E-state index contributed by atoms with van der Waals surface area (Å²) in [5, 5.41) is 0. The van der Waals surface area contributed by atoms with Crippen LogP contribution >= 0.6 is 0 Å². The third-order valence-electron chi connectivity index (χ3n) is 2.54. The van der Waals surface area contributed by atoms with E-state index >= 15 is 0 Å². The summed E-state index contributed by atoms with van der Waals surface area (Å²) in [5.41, 5.74) is 0. The monoisotopic (exact) mass is 150 g/mol. The summed E-state index contributed by atoms with van der Waals surface area (Å²) in [7, 11) is 0. The van der Waals surface area contributed by atoms with Gasteiger partial charge in [0.25, 0.3) is 0 Å². The average Bonchev–Trinajstić information content (AvgIpc) is 2.60. The minimum absolute atomic E-state index is 0.904. The van der Waals surface area contributed by atoms with Crippen molar-refractivity contribution < 1.29 is 4.42 Å². The molecule has 0 bridgehead atoms. The Labute approximate surface area is 67.4 Å². The van der Waals surface area contributed by atoms with Crippen LogP contribution in [0.1, 0.15) is 31.4 Å². The molecule has 0 amide bonds. The molecule has 0 spiro atoms. The van der Waals surface area contributed by atoms with Crippen molar-refractivity contribution >= 4 is 0 Å². The van der Waals surface area contributed by atoms with Crippen LogP contribution in [-0.4, -0.2) is 0 Å². The van der Waals surface area contributed by atoms with Gasteiger partial charge in [-0.3, -0.25) is 0 Å². The van der Waals surface area contributed by atoms with E-state index in [2.05, 4.69) is 6.07 Å². The SMILES string of the molecule is c1coc(CC2CCCC2)c1. The van der Waals surface area contributed by atoms with Crippen LogP contribution in [0.2, 0.25) is 0 Å². The van der Waals surface area contributed by atoms with E-state index in [4.69, 9.17) is 4.42 Å². The van der Waals surface area contributed by atoms with E-state index in [0.717, 1.165) is 18.1 Å². The molecule has 1 heterocycles. The van der Waals surface area contributed by atoms with Gasteiger partial charge in [0.15, 0.2) is 0 Å². The minimum Gasteiger partial charge on any atom is -0.469 e. The van der Waals surface area contributed by atoms with Gasteiger partial charge in [0.05, 0.1) is 6.26 Å². The largest absolute Gasteiger partial charge is 0.469 e. The van der Waals surface area contributed by atoms with Gasteiger partial charge in [-0.1, -0.05) is 25.7 Å². The van der Waals surface area contributed by atoms with E-state index in [0.29, 0.717) is 0 Å².